The molecule has 4 aromatic rings. The fourth-order valence-corrected chi connectivity index (χ4v) is 4.76. The maximum atomic E-state index is 12.3. The summed E-state index contributed by atoms with van der Waals surface area (Å²) >= 11 is 9.10. The van der Waals surface area contributed by atoms with Gasteiger partial charge in [-0.25, -0.2) is 4.98 Å². The molecule has 0 spiro atoms. The lowest BCUT2D eigenvalue weighted by Gasteiger charge is -2.09. The number of aryl methyl sites for hydroxylation is 1. The number of hydrogen-bond donors (Lipinski definition) is 2. The molecule has 2 aromatic heterocycles. The Hall–Kier alpha value is -2.42. The van der Waals surface area contributed by atoms with Crippen molar-refractivity contribution >= 4 is 56.4 Å². The maximum absolute atomic E-state index is 12.3. The Labute approximate surface area is 174 Å². The summed E-state index contributed by atoms with van der Waals surface area (Å²) in [7, 11) is 0. The summed E-state index contributed by atoms with van der Waals surface area (Å²) in [6, 6.07) is 13.1. The second-order valence-corrected chi connectivity index (χ2v) is 9.16. The van der Waals surface area contributed by atoms with Gasteiger partial charge in [-0.05, 0) is 43.7 Å². The van der Waals surface area contributed by atoms with Crippen molar-refractivity contribution in [2.75, 3.05) is 5.32 Å². The summed E-state index contributed by atoms with van der Waals surface area (Å²) in [5.74, 6) is 0.615. The number of halogens is 1. The van der Waals surface area contributed by atoms with Crippen molar-refractivity contribution < 1.29 is 0 Å². The van der Waals surface area contributed by atoms with Crippen LogP contribution in [-0.4, -0.2) is 20.2 Å². The first kappa shape index (κ1) is 18.9. The van der Waals surface area contributed by atoms with Gasteiger partial charge in [0.25, 0.3) is 5.56 Å². The van der Waals surface area contributed by atoms with Gasteiger partial charge in [0.2, 0.25) is 5.13 Å². The van der Waals surface area contributed by atoms with Crippen LogP contribution in [-0.2, 0) is 0 Å². The van der Waals surface area contributed by atoms with E-state index in [2.05, 4.69) is 25.5 Å². The summed E-state index contributed by atoms with van der Waals surface area (Å²) in [6.45, 7) is 3.93. The lowest BCUT2D eigenvalue weighted by Crippen LogP contribution is -2.12. The molecule has 2 aromatic carbocycles. The van der Waals surface area contributed by atoms with E-state index >= 15 is 0 Å². The summed E-state index contributed by atoms with van der Waals surface area (Å²) in [4.78, 5) is 19.7. The molecular weight excluding hydrogens is 414 g/mol. The molecule has 2 N–H and O–H groups in total. The minimum Gasteiger partial charge on any atom is -0.330 e. The smallest absolute Gasteiger partial charge is 0.258 e. The lowest BCUT2D eigenvalue weighted by atomic mass is 10.2. The van der Waals surface area contributed by atoms with Crippen molar-refractivity contribution in [2.24, 2.45) is 0 Å². The number of aromatic amines is 1. The van der Waals surface area contributed by atoms with Gasteiger partial charge in [-0.2, -0.15) is 0 Å². The number of aromatic nitrogens is 4. The molecule has 0 aliphatic heterocycles. The van der Waals surface area contributed by atoms with E-state index in [9.17, 15) is 4.79 Å². The SMILES string of the molecule is Cc1ccc(Nc2nnc(SC(C)c3nc4ccccc4c(=O)[nH]3)s2)cc1Cl. The maximum Gasteiger partial charge on any atom is 0.258 e. The van der Waals surface area contributed by atoms with E-state index in [0.29, 0.717) is 26.9 Å². The number of nitrogens with one attached hydrogen (secondary N) is 2. The molecular formula is C19H16ClN5OS2. The molecule has 0 aliphatic rings. The molecule has 4 rings (SSSR count). The number of benzene rings is 2. The van der Waals surface area contributed by atoms with E-state index in [0.717, 1.165) is 15.6 Å². The molecule has 0 aliphatic carbocycles. The summed E-state index contributed by atoms with van der Waals surface area (Å²) in [5, 5.41) is 13.5. The molecule has 0 bridgehead atoms. The van der Waals surface area contributed by atoms with Crippen molar-refractivity contribution in [1.29, 1.82) is 0 Å². The number of nitrogens with zero attached hydrogens (tertiary/aromatic N) is 3. The average Bonchev–Trinajstić information content (AvgIpc) is 3.11. The normalized spacial score (nSPS) is 12.2. The highest BCUT2D eigenvalue weighted by atomic mass is 35.5. The Morgan fingerprint density at radius 3 is 2.86 bits per heavy atom. The van der Waals surface area contributed by atoms with Gasteiger partial charge in [0.1, 0.15) is 5.82 Å². The van der Waals surface area contributed by atoms with Gasteiger partial charge in [-0.3, -0.25) is 4.79 Å². The first-order valence-corrected chi connectivity index (χ1v) is 10.6. The molecule has 1 atom stereocenters. The first-order valence-electron chi connectivity index (χ1n) is 8.52. The van der Waals surface area contributed by atoms with Gasteiger partial charge < -0.3 is 10.3 Å². The van der Waals surface area contributed by atoms with E-state index in [4.69, 9.17) is 11.6 Å². The Morgan fingerprint density at radius 2 is 2.04 bits per heavy atom. The van der Waals surface area contributed by atoms with E-state index in [-0.39, 0.29) is 10.8 Å². The number of thioether (sulfide) groups is 1. The second kappa shape index (κ2) is 7.90. The van der Waals surface area contributed by atoms with Crippen LogP contribution in [0.15, 0.2) is 51.6 Å². The molecule has 0 saturated heterocycles. The summed E-state index contributed by atoms with van der Waals surface area (Å²) in [6.07, 6.45) is 0. The van der Waals surface area contributed by atoms with Crippen LogP contribution in [0.3, 0.4) is 0 Å². The van der Waals surface area contributed by atoms with Crippen LogP contribution in [0.1, 0.15) is 23.6 Å². The zero-order chi connectivity index (χ0) is 19.7. The third-order valence-corrected chi connectivity index (χ3v) is 6.56. The Balaban J connectivity index is 1.50. The highest BCUT2D eigenvalue weighted by molar-refractivity contribution is 8.01. The number of rotatable bonds is 5. The Morgan fingerprint density at radius 1 is 1.21 bits per heavy atom. The van der Waals surface area contributed by atoms with E-state index in [1.807, 2.05) is 50.2 Å². The number of para-hydroxylation sites is 1. The number of fused-ring (bicyclic) bond motifs is 1. The summed E-state index contributed by atoms with van der Waals surface area (Å²) < 4.78 is 0.781. The number of hydrogen-bond acceptors (Lipinski definition) is 7. The fourth-order valence-electron chi connectivity index (χ4n) is 2.61. The largest absolute Gasteiger partial charge is 0.330 e. The molecule has 0 fully saturated rings. The molecule has 142 valence electrons. The van der Waals surface area contributed by atoms with Gasteiger partial charge in [-0.15, -0.1) is 10.2 Å². The van der Waals surface area contributed by atoms with Gasteiger partial charge in [0.15, 0.2) is 4.34 Å². The van der Waals surface area contributed by atoms with E-state index in [1.165, 1.54) is 23.1 Å². The molecule has 0 amide bonds. The Kier molecular flexibility index (Phi) is 5.34. The van der Waals surface area contributed by atoms with Crippen LogP contribution in [0.4, 0.5) is 10.8 Å². The molecule has 28 heavy (non-hydrogen) atoms. The monoisotopic (exact) mass is 429 g/mol. The predicted molar refractivity (Wildman–Crippen MR) is 116 cm³/mol. The first-order chi connectivity index (χ1) is 13.5. The average molecular weight is 430 g/mol. The molecule has 2 heterocycles. The third kappa shape index (κ3) is 4.04. The van der Waals surface area contributed by atoms with Crippen LogP contribution in [0.5, 0.6) is 0 Å². The second-order valence-electron chi connectivity index (χ2n) is 6.19. The minimum absolute atomic E-state index is 0.0769. The molecule has 0 radical (unpaired) electrons. The van der Waals surface area contributed by atoms with Crippen molar-refractivity contribution in [3.05, 3.63) is 69.2 Å². The molecule has 1 unspecified atom stereocenters. The lowest BCUT2D eigenvalue weighted by molar-refractivity contribution is 0.916. The fraction of sp³-hybridized carbons (Fsp3) is 0.158. The van der Waals surface area contributed by atoms with Crippen LogP contribution in [0.2, 0.25) is 5.02 Å². The van der Waals surface area contributed by atoms with Gasteiger partial charge >= 0.3 is 0 Å². The molecule has 9 heteroatoms. The van der Waals surface area contributed by atoms with Crippen molar-refractivity contribution in [3.63, 3.8) is 0 Å². The topological polar surface area (TPSA) is 83.6 Å². The van der Waals surface area contributed by atoms with Crippen LogP contribution >= 0.6 is 34.7 Å². The zero-order valence-electron chi connectivity index (χ0n) is 15.1. The minimum atomic E-state index is -0.135. The molecule has 6 nitrogen and oxygen atoms in total. The van der Waals surface area contributed by atoms with Crippen molar-refractivity contribution in [3.8, 4) is 0 Å². The predicted octanol–water partition coefficient (Wildman–Crippen LogP) is 5.33. The van der Waals surface area contributed by atoms with Crippen LogP contribution in [0, 0.1) is 6.92 Å². The van der Waals surface area contributed by atoms with Crippen molar-refractivity contribution in [2.45, 2.75) is 23.4 Å². The standard InChI is InChI=1S/C19H16ClN5OS2/c1-10-7-8-12(9-14(10)20)21-18-24-25-19(28-18)27-11(2)16-22-15-6-4-3-5-13(15)17(26)23-16/h3-9,11H,1-2H3,(H,21,24)(H,22,23,26). The third-order valence-electron chi connectivity index (χ3n) is 4.12. The van der Waals surface area contributed by atoms with Crippen molar-refractivity contribution in [1.82, 2.24) is 20.2 Å². The Bertz CT molecular complexity index is 1210. The quantitative estimate of drug-likeness (QED) is 0.417. The highest BCUT2D eigenvalue weighted by Crippen LogP contribution is 2.36. The number of anilines is 2. The number of H-pyrrole nitrogens is 1. The zero-order valence-corrected chi connectivity index (χ0v) is 17.5. The van der Waals surface area contributed by atoms with Crippen LogP contribution < -0.4 is 10.9 Å². The van der Waals surface area contributed by atoms with E-state index < -0.39 is 0 Å². The molecule has 0 saturated carbocycles. The van der Waals surface area contributed by atoms with Gasteiger partial charge in [0, 0.05) is 10.7 Å². The highest BCUT2D eigenvalue weighted by Gasteiger charge is 2.15. The van der Waals surface area contributed by atoms with Gasteiger partial charge in [-0.1, -0.05) is 52.9 Å². The van der Waals surface area contributed by atoms with E-state index in [1.54, 1.807) is 6.07 Å². The van der Waals surface area contributed by atoms with Gasteiger partial charge in [0.05, 0.1) is 16.2 Å². The van der Waals surface area contributed by atoms with Crippen LogP contribution in [0.25, 0.3) is 10.9 Å². The summed E-state index contributed by atoms with van der Waals surface area (Å²) in [5.41, 5.74) is 2.43.